The Kier molecular flexibility index (Phi) is 5.36. The molecule has 7 nitrogen and oxygen atoms in total. The zero-order valence-corrected chi connectivity index (χ0v) is 17.3. The number of thiazole rings is 1. The van der Waals surface area contributed by atoms with Gasteiger partial charge in [0.2, 0.25) is 15.9 Å². The number of hydrogen-bond acceptors (Lipinski definition) is 8. The Balaban J connectivity index is 1.33. The van der Waals surface area contributed by atoms with Crippen LogP contribution in [0.4, 0.5) is 0 Å². The molecule has 0 aliphatic rings. The summed E-state index contributed by atoms with van der Waals surface area (Å²) in [6.45, 7) is 2.16. The Morgan fingerprint density at radius 3 is 2.79 bits per heavy atom. The van der Waals surface area contributed by atoms with Gasteiger partial charge in [-0.25, -0.2) is 18.1 Å². The first-order chi connectivity index (χ1) is 13.5. The van der Waals surface area contributed by atoms with Crippen LogP contribution in [0.3, 0.4) is 0 Å². The Morgan fingerprint density at radius 2 is 2.04 bits per heavy atom. The fraction of sp³-hybridized carbons (Fsp3) is 0.167. The van der Waals surface area contributed by atoms with Crippen molar-refractivity contribution in [1.29, 1.82) is 0 Å². The van der Waals surface area contributed by atoms with Crippen molar-refractivity contribution in [2.24, 2.45) is 0 Å². The highest BCUT2D eigenvalue weighted by Crippen LogP contribution is 2.25. The van der Waals surface area contributed by atoms with Crippen molar-refractivity contribution in [3.8, 4) is 16.5 Å². The SMILES string of the molecule is Cc1nc2ccc(S(=O)(=O)NCCOc3ccc(-c4cccs4)nn3)cc2s1. The number of ether oxygens (including phenoxy) is 1. The molecule has 0 amide bonds. The van der Waals surface area contributed by atoms with E-state index >= 15 is 0 Å². The summed E-state index contributed by atoms with van der Waals surface area (Å²) >= 11 is 3.05. The van der Waals surface area contributed by atoms with Crippen molar-refractivity contribution >= 4 is 42.9 Å². The Bertz CT molecular complexity index is 1190. The van der Waals surface area contributed by atoms with E-state index in [1.54, 1.807) is 35.6 Å². The second kappa shape index (κ2) is 7.92. The summed E-state index contributed by atoms with van der Waals surface area (Å²) in [5.41, 5.74) is 1.58. The van der Waals surface area contributed by atoms with Gasteiger partial charge in [0.25, 0.3) is 0 Å². The minimum atomic E-state index is -3.62. The zero-order valence-electron chi connectivity index (χ0n) is 14.8. The van der Waals surface area contributed by atoms with Gasteiger partial charge in [0.15, 0.2) is 0 Å². The first kappa shape index (κ1) is 18.9. The maximum absolute atomic E-state index is 12.5. The summed E-state index contributed by atoms with van der Waals surface area (Å²) in [6, 6.07) is 12.4. The molecule has 0 saturated heterocycles. The van der Waals surface area contributed by atoms with Gasteiger partial charge < -0.3 is 4.74 Å². The number of thiophene rings is 1. The summed E-state index contributed by atoms with van der Waals surface area (Å²) in [5.74, 6) is 0.348. The quantitative estimate of drug-likeness (QED) is 0.449. The number of hydrogen-bond donors (Lipinski definition) is 1. The van der Waals surface area contributed by atoms with Crippen LogP contribution in [-0.4, -0.2) is 36.8 Å². The topological polar surface area (TPSA) is 94.1 Å². The molecule has 0 radical (unpaired) electrons. The van der Waals surface area contributed by atoms with Crippen molar-refractivity contribution in [3.63, 3.8) is 0 Å². The van der Waals surface area contributed by atoms with Gasteiger partial charge in [0.05, 0.1) is 25.0 Å². The van der Waals surface area contributed by atoms with Crippen molar-refractivity contribution in [2.45, 2.75) is 11.8 Å². The van der Waals surface area contributed by atoms with Crippen LogP contribution < -0.4 is 9.46 Å². The Morgan fingerprint density at radius 1 is 1.14 bits per heavy atom. The number of benzene rings is 1. The lowest BCUT2D eigenvalue weighted by atomic mass is 10.3. The molecule has 0 atom stereocenters. The summed E-state index contributed by atoms with van der Waals surface area (Å²) in [5, 5.41) is 11.0. The molecule has 0 unspecified atom stereocenters. The van der Waals surface area contributed by atoms with Crippen molar-refractivity contribution in [2.75, 3.05) is 13.2 Å². The van der Waals surface area contributed by atoms with E-state index in [2.05, 4.69) is 19.9 Å². The van der Waals surface area contributed by atoms with E-state index in [1.165, 1.54) is 11.3 Å². The average molecular weight is 433 g/mol. The molecule has 0 aliphatic heterocycles. The van der Waals surface area contributed by atoms with Crippen LogP contribution in [0, 0.1) is 6.92 Å². The van der Waals surface area contributed by atoms with E-state index in [1.807, 2.05) is 30.5 Å². The molecule has 3 aromatic heterocycles. The molecule has 1 aromatic carbocycles. The number of rotatable bonds is 7. The number of nitrogens with one attached hydrogen (secondary N) is 1. The smallest absolute Gasteiger partial charge is 0.240 e. The summed E-state index contributed by atoms with van der Waals surface area (Å²) in [4.78, 5) is 5.58. The minimum Gasteiger partial charge on any atom is -0.475 e. The van der Waals surface area contributed by atoms with Gasteiger partial charge in [0.1, 0.15) is 12.3 Å². The predicted octanol–water partition coefficient (Wildman–Crippen LogP) is 3.48. The van der Waals surface area contributed by atoms with Crippen LogP contribution >= 0.6 is 22.7 Å². The second-order valence-electron chi connectivity index (χ2n) is 5.84. The number of fused-ring (bicyclic) bond motifs is 1. The van der Waals surface area contributed by atoms with E-state index < -0.39 is 10.0 Å². The van der Waals surface area contributed by atoms with E-state index in [0.717, 1.165) is 25.8 Å². The minimum absolute atomic E-state index is 0.121. The Hall–Kier alpha value is -2.40. The van der Waals surface area contributed by atoms with E-state index in [4.69, 9.17) is 4.74 Å². The molecule has 4 aromatic rings. The van der Waals surface area contributed by atoms with Crippen LogP contribution in [-0.2, 0) is 10.0 Å². The highest BCUT2D eigenvalue weighted by Gasteiger charge is 2.15. The monoisotopic (exact) mass is 432 g/mol. The van der Waals surface area contributed by atoms with Crippen molar-refractivity contribution in [3.05, 3.63) is 52.9 Å². The molecular formula is C18H16N4O3S3. The Labute approximate surface area is 170 Å². The maximum atomic E-state index is 12.5. The molecule has 0 aliphatic carbocycles. The molecule has 0 spiro atoms. The first-order valence-electron chi connectivity index (χ1n) is 8.38. The number of nitrogens with zero attached hydrogens (tertiary/aromatic N) is 3. The molecule has 10 heteroatoms. The fourth-order valence-corrected chi connectivity index (χ4v) is 5.23. The zero-order chi connectivity index (χ0) is 19.6. The van der Waals surface area contributed by atoms with Crippen LogP contribution in [0.25, 0.3) is 20.8 Å². The van der Waals surface area contributed by atoms with Gasteiger partial charge >= 0.3 is 0 Å². The van der Waals surface area contributed by atoms with Gasteiger partial charge in [-0.15, -0.1) is 32.9 Å². The third kappa shape index (κ3) is 4.20. The highest BCUT2D eigenvalue weighted by atomic mass is 32.2. The van der Waals surface area contributed by atoms with Gasteiger partial charge in [-0.05, 0) is 42.6 Å². The second-order valence-corrected chi connectivity index (χ2v) is 9.79. The van der Waals surface area contributed by atoms with Crippen LogP contribution in [0.1, 0.15) is 5.01 Å². The number of sulfonamides is 1. The summed E-state index contributed by atoms with van der Waals surface area (Å²) in [7, 11) is -3.62. The van der Waals surface area contributed by atoms with Crippen LogP contribution in [0.5, 0.6) is 5.88 Å². The van der Waals surface area contributed by atoms with E-state index in [0.29, 0.717) is 5.88 Å². The van der Waals surface area contributed by atoms with Crippen molar-refractivity contribution in [1.82, 2.24) is 19.9 Å². The molecule has 0 bridgehead atoms. The van der Waals surface area contributed by atoms with E-state index in [-0.39, 0.29) is 18.0 Å². The molecule has 0 fully saturated rings. The van der Waals surface area contributed by atoms with Crippen LogP contribution in [0.15, 0.2) is 52.7 Å². The molecule has 28 heavy (non-hydrogen) atoms. The summed E-state index contributed by atoms with van der Waals surface area (Å²) in [6.07, 6.45) is 0. The number of aryl methyl sites for hydroxylation is 1. The molecule has 1 N–H and O–H groups in total. The molecular weight excluding hydrogens is 416 g/mol. The largest absolute Gasteiger partial charge is 0.475 e. The van der Waals surface area contributed by atoms with Gasteiger partial charge in [-0.2, -0.15) is 0 Å². The molecule has 0 saturated carbocycles. The number of aromatic nitrogens is 3. The average Bonchev–Trinajstić information content (AvgIpc) is 3.34. The third-order valence-electron chi connectivity index (χ3n) is 3.83. The van der Waals surface area contributed by atoms with Crippen molar-refractivity contribution < 1.29 is 13.2 Å². The standard InChI is InChI=1S/C18H16N4O3S3/c1-12-20-14-5-4-13(11-17(14)27-12)28(23,24)19-8-9-25-18-7-6-15(21-22-18)16-3-2-10-26-16/h2-7,10-11,19H,8-9H2,1H3. The third-order valence-corrected chi connectivity index (χ3v) is 7.12. The van der Waals surface area contributed by atoms with Gasteiger partial charge in [-0.1, -0.05) is 6.07 Å². The fourth-order valence-electron chi connectivity index (χ4n) is 2.56. The predicted molar refractivity (Wildman–Crippen MR) is 110 cm³/mol. The lowest BCUT2D eigenvalue weighted by Crippen LogP contribution is -2.28. The first-order valence-corrected chi connectivity index (χ1v) is 11.6. The van der Waals surface area contributed by atoms with Gasteiger partial charge in [-0.3, -0.25) is 0 Å². The summed E-state index contributed by atoms with van der Waals surface area (Å²) < 4.78 is 33.8. The molecule has 144 valence electrons. The molecule has 4 rings (SSSR count). The van der Waals surface area contributed by atoms with Gasteiger partial charge in [0, 0.05) is 12.6 Å². The lowest BCUT2D eigenvalue weighted by Gasteiger charge is -2.08. The molecule has 3 heterocycles. The van der Waals surface area contributed by atoms with Crippen LogP contribution in [0.2, 0.25) is 0 Å². The van der Waals surface area contributed by atoms with E-state index in [9.17, 15) is 8.42 Å². The maximum Gasteiger partial charge on any atom is 0.240 e. The lowest BCUT2D eigenvalue weighted by molar-refractivity contribution is 0.307. The normalized spacial score (nSPS) is 11.8. The highest BCUT2D eigenvalue weighted by molar-refractivity contribution is 7.89.